The van der Waals surface area contributed by atoms with Crippen LogP contribution >= 0.6 is 0 Å². The van der Waals surface area contributed by atoms with Crippen LogP contribution in [0.5, 0.6) is 0 Å². The molecular formula is C25H27N3O. The summed E-state index contributed by atoms with van der Waals surface area (Å²) in [5.74, 6) is 1.13. The second-order valence-corrected chi connectivity index (χ2v) is 7.33. The fraction of sp³-hybridized carbons (Fsp3) is 0.200. The molecule has 29 heavy (non-hydrogen) atoms. The lowest BCUT2D eigenvalue weighted by Gasteiger charge is -2.21. The summed E-state index contributed by atoms with van der Waals surface area (Å²) in [6, 6.07) is 11.5. The van der Waals surface area contributed by atoms with Gasteiger partial charge in [0.1, 0.15) is 5.82 Å². The molecule has 2 aromatic heterocycles. The second-order valence-electron chi connectivity index (χ2n) is 7.33. The highest BCUT2D eigenvalue weighted by molar-refractivity contribution is 5.89. The average molecular weight is 386 g/mol. The highest BCUT2D eigenvalue weighted by Crippen LogP contribution is 2.28. The van der Waals surface area contributed by atoms with Crippen LogP contribution in [-0.2, 0) is 6.42 Å². The number of para-hydroxylation sites is 1. The molecule has 0 unspecified atom stereocenters. The van der Waals surface area contributed by atoms with Crippen LogP contribution in [0.3, 0.4) is 0 Å². The minimum atomic E-state index is -0.0535. The minimum absolute atomic E-state index is 0.0535. The van der Waals surface area contributed by atoms with Crippen LogP contribution in [0.25, 0.3) is 16.6 Å². The molecule has 0 spiro atoms. The number of nitrogens with zero attached hydrogens (tertiary/aromatic N) is 2. The number of aromatic nitrogens is 2. The minimum Gasteiger partial charge on any atom is -0.341 e. The van der Waals surface area contributed by atoms with Crippen LogP contribution in [-0.4, -0.2) is 9.55 Å². The lowest BCUT2D eigenvalue weighted by molar-refractivity contribution is 0.647. The number of benzene rings is 1. The van der Waals surface area contributed by atoms with E-state index in [1.54, 1.807) is 18.3 Å². The Balaban J connectivity index is 2.38. The van der Waals surface area contributed by atoms with Crippen molar-refractivity contribution in [1.82, 2.24) is 9.55 Å². The normalized spacial score (nSPS) is 12.1. The lowest BCUT2D eigenvalue weighted by Crippen LogP contribution is -2.15. The van der Waals surface area contributed by atoms with Gasteiger partial charge in [0.05, 0.1) is 10.9 Å². The van der Waals surface area contributed by atoms with Crippen LogP contribution in [0.1, 0.15) is 26.3 Å². The van der Waals surface area contributed by atoms with Crippen molar-refractivity contribution in [3.8, 4) is 0 Å². The molecule has 3 aromatic rings. The first-order chi connectivity index (χ1) is 14.0. The molecule has 0 radical (unpaired) electrons. The van der Waals surface area contributed by atoms with Gasteiger partial charge < -0.3 is 5.32 Å². The van der Waals surface area contributed by atoms with E-state index in [1.807, 2.05) is 61.7 Å². The van der Waals surface area contributed by atoms with Crippen molar-refractivity contribution in [3.05, 3.63) is 95.5 Å². The Morgan fingerprint density at radius 2 is 2.00 bits per heavy atom. The molecule has 3 rings (SSSR count). The summed E-state index contributed by atoms with van der Waals surface area (Å²) in [6.45, 7) is 10.3. The Hall–Kier alpha value is -3.40. The number of hydrogen-bond acceptors (Lipinski definition) is 3. The molecule has 0 fully saturated rings. The van der Waals surface area contributed by atoms with Gasteiger partial charge in [-0.2, -0.15) is 0 Å². The fourth-order valence-corrected chi connectivity index (χ4v) is 3.38. The molecule has 1 N–H and O–H groups in total. The van der Waals surface area contributed by atoms with Gasteiger partial charge in [-0.05, 0) is 49.1 Å². The maximum absolute atomic E-state index is 13.0. The predicted molar refractivity (Wildman–Crippen MR) is 124 cm³/mol. The fourth-order valence-electron chi connectivity index (χ4n) is 3.38. The van der Waals surface area contributed by atoms with Crippen molar-refractivity contribution in [2.45, 2.75) is 27.2 Å². The Bertz CT molecular complexity index is 1120. The largest absolute Gasteiger partial charge is 0.341 e. The van der Waals surface area contributed by atoms with Gasteiger partial charge in [0.2, 0.25) is 0 Å². The van der Waals surface area contributed by atoms with E-state index in [1.165, 1.54) is 0 Å². The summed E-state index contributed by atoms with van der Waals surface area (Å²) in [7, 11) is 0. The second kappa shape index (κ2) is 9.20. The standard InChI is InChI=1S/C25H27N3O/c1-5-7-13-21(6-2)28-24(27-20-11-9-8-10-12-20)15-23(29)22-17-26-16-19(25(22)28)14-18(3)4/h5-13,15-18,27H,2,14H2,1,3-4H3/b7-5-,21-13+. The molecule has 0 amide bonds. The van der Waals surface area contributed by atoms with Gasteiger partial charge >= 0.3 is 0 Å². The van der Waals surface area contributed by atoms with Crippen molar-refractivity contribution in [3.63, 3.8) is 0 Å². The van der Waals surface area contributed by atoms with Crippen LogP contribution < -0.4 is 10.7 Å². The SMILES string of the molecule is C=C/C(=C\C=C/C)n1c(Nc2ccccc2)cc(=O)c2cncc(CC(C)C)c21. The van der Waals surface area contributed by atoms with Crippen LogP contribution in [0.15, 0.2) is 84.5 Å². The average Bonchev–Trinajstić information content (AvgIpc) is 2.71. The Labute approximate surface area is 171 Å². The molecule has 0 aliphatic rings. The van der Waals surface area contributed by atoms with E-state index in [0.717, 1.165) is 28.9 Å². The predicted octanol–water partition coefficient (Wildman–Crippen LogP) is 5.94. The molecule has 0 aliphatic heterocycles. The number of fused-ring (bicyclic) bond motifs is 1. The van der Waals surface area contributed by atoms with Crippen molar-refractivity contribution in [2.24, 2.45) is 5.92 Å². The molecule has 4 heteroatoms. The van der Waals surface area contributed by atoms with Gasteiger partial charge in [0, 0.05) is 29.8 Å². The summed E-state index contributed by atoms with van der Waals surface area (Å²) in [5, 5.41) is 4.01. The van der Waals surface area contributed by atoms with E-state index in [2.05, 4.69) is 35.3 Å². The van der Waals surface area contributed by atoms with E-state index < -0.39 is 0 Å². The molecule has 0 bridgehead atoms. The van der Waals surface area contributed by atoms with E-state index >= 15 is 0 Å². The third-order valence-corrected chi connectivity index (χ3v) is 4.59. The van der Waals surface area contributed by atoms with Gasteiger partial charge in [-0.1, -0.05) is 50.8 Å². The van der Waals surface area contributed by atoms with E-state index in [0.29, 0.717) is 17.1 Å². The first-order valence-corrected chi connectivity index (χ1v) is 9.85. The maximum atomic E-state index is 13.0. The molecule has 0 aliphatic carbocycles. The first kappa shape index (κ1) is 20.3. The third kappa shape index (κ3) is 4.54. The van der Waals surface area contributed by atoms with E-state index in [-0.39, 0.29) is 5.43 Å². The monoisotopic (exact) mass is 385 g/mol. The van der Waals surface area contributed by atoms with Gasteiger partial charge in [-0.15, -0.1) is 0 Å². The third-order valence-electron chi connectivity index (χ3n) is 4.59. The molecule has 148 valence electrons. The summed E-state index contributed by atoms with van der Waals surface area (Å²) in [6.07, 6.45) is 12.1. The Kier molecular flexibility index (Phi) is 6.45. The van der Waals surface area contributed by atoms with E-state index in [4.69, 9.17) is 0 Å². The maximum Gasteiger partial charge on any atom is 0.193 e. The van der Waals surface area contributed by atoms with Crippen LogP contribution in [0.4, 0.5) is 11.5 Å². The zero-order chi connectivity index (χ0) is 20.8. The topological polar surface area (TPSA) is 46.9 Å². The molecule has 2 heterocycles. The van der Waals surface area contributed by atoms with Crippen LogP contribution in [0, 0.1) is 5.92 Å². The molecule has 0 atom stereocenters. The zero-order valence-electron chi connectivity index (χ0n) is 17.2. The number of anilines is 2. The summed E-state index contributed by atoms with van der Waals surface area (Å²) >= 11 is 0. The molecule has 4 nitrogen and oxygen atoms in total. The molecule has 0 saturated carbocycles. The number of hydrogen-bond donors (Lipinski definition) is 1. The highest BCUT2D eigenvalue weighted by atomic mass is 16.1. The van der Waals surface area contributed by atoms with Gasteiger partial charge in [0.15, 0.2) is 5.43 Å². The van der Waals surface area contributed by atoms with Crippen LogP contribution in [0.2, 0.25) is 0 Å². The number of nitrogens with one attached hydrogen (secondary N) is 1. The van der Waals surface area contributed by atoms with Crippen molar-refractivity contribution in [1.29, 1.82) is 0 Å². The smallest absolute Gasteiger partial charge is 0.193 e. The van der Waals surface area contributed by atoms with Gasteiger partial charge in [-0.25, -0.2) is 0 Å². The molecule has 1 aromatic carbocycles. The summed E-state index contributed by atoms with van der Waals surface area (Å²) in [4.78, 5) is 17.3. The summed E-state index contributed by atoms with van der Waals surface area (Å²) < 4.78 is 2.07. The molecule has 0 saturated heterocycles. The Morgan fingerprint density at radius 3 is 2.66 bits per heavy atom. The number of allylic oxidation sites excluding steroid dienone is 5. The summed E-state index contributed by atoms with van der Waals surface area (Å²) in [5.41, 5.74) is 3.65. The van der Waals surface area contributed by atoms with Gasteiger partial charge in [0.25, 0.3) is 0 Å². The van der Waals surface area contributed by atoms with Crippen molar-refractivity contribution >= 4 is 28.1 Å². The van der Waals surface area contributed by atoms with Crippen molar-refractivity contribution < 1.29 is 0 Å². The number of pyridine rings is 2. The molecular weight excluding hydrogens is 358 g/mol. The lowest BCUT2D eigenvalue weighted by atomic mass is 10.0. The number of rotatable bonds is 7. The van der Waals surface area contributed by atoms with E-state index in [9.17, 15) is 4.79 Å². The Morgan fingerprint density at radius 1 is 1.24 bits per heavy atom. The first-order valence-electron chi connectivity index (χ1n) is 9.85. The highest BCUT2D eigenvalue weighted by Gasteiger charge is 2.16. The zero-order valence-corrected chi connectivity index (χ0v) is 17.2. The van der Waals surface area contributed by atoms with Gasteiger partial charge in [-0.3, -0.25) is 14.3 Å². The van der Waals surface area contributed by atoms with Crippen molar-refractivity contribution in [2.75, 3.05) is 5.32 Å². The quantitative estimate of drug-likeness (QED) is 0.512.